The SMILES string of the molecule is O=C(NCC1=CC=C(C(F)(F)F)NC1)c1cccnc1Oc1ccc(Nc2ccccn2)cc1. The van der Waals surface area contributed by atoms with E-state index >= 15 is 0 Å². The number of ether oxygens (including phenoxy) is 1. The van der Waals surface area contributed by atoms with Crippen LogP contribution in [0, 0.1) is 0 Å². The second-order valence-electron chi connectivity index (χ2n) is 7.26. The van der Waals surface area contributed by atoms with Crippen LogP contribution in [0.5, 0.6) is 11.6 Å². The zero-order chi connectivity index (χ0) is 24.0. The summed E-state index contributed by atoms with van der Waals surface area (Å²) >= 11 is 0. The van der Waals surface area contributed by atoms with Gasteiger partial charge in [-0.05, 0) is 60.2 Å². The van der Waals surface area contributed by atoms with Crippen LogP contribution in [0.25, 0.3) is 0 Å². The van der Waals surface area contributed by atoms with Crippen LogP contribution in [0.2, 0.25) is 0 Å². The van der Waals surface area contributed by atoms with Crippen molar-refractivity contribution in [2.24, 2.45) is 0 Å². The Morgan fingerprint density at radius 3 is 2.47 bits per heavy atom. The average Bonchev–Trinajstić information content (AvgIpc) is 2.84. The average molecular weight is 467 g/mol. The molecule has 0 fully saturated rings. The van der Waals surface area contributed by atoms with Crippen LogP contribution in [0.1, 0.15) is 10.4 Å². The van der Waals surface area contributed by atoms with Crippen molar-refractivity contribution in [2.45, 2.75) is 6.18 Å². The van der Waals surface area contributed by atoms with E-state index in [1.54, 1.807) is 42.6 Å². The maximum absolute atomic E-state index is 12.7. The molecule has 0 atom stereocenters. The second-order valence-corrected chi connectivity index (χ2v) is 7.26. The first-order valence-electron chi connectivity index (χ1n) is 10.3. The van der Waals surface area contributed by atoms with E-state index in [0.29, 0.717) is 17.1 Å². The van der Waals surface area contributed by atoms with Crippen LogP contribution < -0.4 is 20.7 Å². The molecule has 0 radical (unpaired) electrons. The minimum absolute atomic E-state index is 0.0130. The third-order valence-electron chi connectivity index (χ3n) is 4.79. The van der Waals surface area contributed by atoms with Gasteiger partial charge in [-0.2, -0.15) is 13.2 Å². The number of allylic oxidation sites excluding steroid dienone is 3. The van der Waals surface area contributed by atoms with Crippen molar-refractivity contribution in [1.82, 2.24) is 20.6 Å². The number of rotatable bonds is 7. The molecular weight excluding hydrogens is 447 g/mol. The molecule has 4 rings (SSSR count). The molecule has 2 aromatic heterocycles. The Morgan fingerprint density at radius 1 is 1.00 bits per heavy atom. The first-order chi connectivity index (χ1) is 16.4. The predicted molar refractivity (Wildman–Crippen MR) is 121 cm³/mol. The highest BCUT2D eigenvalue weighted by Gasteiger charge is 2.34. The highest BCUT2D eigenvalue weighted by molar-refractivity contribution is 5.96. The van der Waals surface area contributed by atoms with E-state index in [4.69, 9.17) is 4.74 Å². The van der Waals surface area contributed by atoms with E-state index in [1.165, 1.54) is 12.3 Å². The molecule has 0 saturated heterocycles. The Labute approximate surface area is 193 Å². The Bertz CT molecular complexity index is 1210. The molecular formula is C24H20F3N5O2. The summed E-state index contributed by atoms with van der Waals surface area (Å²) < 4.78 is 43.9. The zero-order valence-corrected chi connectivity index (χ0v) is 17.8. The standard InChI is InChI=1S/C24H20F3N5O2/c25-24(26,27)20-11-6-16(14-30-20)15-31-22(33)19-4-3-13-29-23(19)34-18-9-7-17(8-10-18)32-21-5-1-2-12-28-21/h1-13,30H,14-15H2,(H,28,32)(H,31,33). The minimum atomic E-state index is -4.43. The molecule has 1 aromatic carbocycles. The molecule has 34 heavy (non-hydrogen) atoms. The Kier molecular flexibility index (Phi) is 6.77. The molecule has 3 N–H and O–H groups in total. The number of nitrogens with zero attached hydrogens (tertiary/aromatic N) is 2. The van der Waals surface area contributed by atoms with Crippen LogP contribution in [0.15, 0.2) is 90.4 Å². The molecule has 0 saturated carbocycles. The van der Waals surface area contributed by atoms with Gasteiger partial charge in [0.1, 0.15) is 22.8 Å². The van der Waals surface area contributed by atoms with Crippen molar-refractivity contribution >= 4 is 17.4 Å². The van der Waals surface area contributed by atoms with Crippen LogP contribution in [-0.4, -0.2) is 35.1 Å². The number of alkyl halides is 3. The van der Waals surface area contributed by atoms with Crippen LogP contribution in [0.3, 0.4) is 0 Å². The lowest BCUT2D eigenvalue weighted by atomic mass is 10.1. The van der Waals surface area contributed by atoms with Crippen molar-refractivity contribution < 1.29 is 22.7 Å². The van der Waals surface area contributed by atoms with Crippen molar-refractivity contribution in [3.05, 3.63) is 96.0 Å². The number of pyridine rings is 2. The number of carbonyl (C=O) groups excluding carboxylic acids is 1. The van der Waals surface area contributed by atoms with Gasteiger partial charge in [0.2, 0.25) is 5.88 Å². The number of benzene rings is 1. The van der Waals surface area contributed by atoms with Gasteiger partial charge >= 0.3 is 6.18 Å². The second kappa shape index (κ2) is 10.1. The first-order valence-corrected chi connectivity index (χ1v) is 10.3. The fraction of sp³-hybridized carbons (Fsp3) is 0.125. The van der Waals surface area contributed by atoms with Gasteiger partial charge in [-0.25, -0.2) is 9.97 Å². The summed E-state index contributed by atoms with van der Waals surface area (Å²) in [5.74, 6) is 0.833. The van der Waals surface area contributed by atoms with Crippen LogP contribution in [0.4, 0.5) is 24.7 Å². The first kappa shape index (κ1) is 22.8. The van der Waals surface area contributed by atoms with Gasteiger partial charge in [0.05, 0.1) is 0 Å². The summed E-state index contributed by atoms with van der Waals surface area (Å²) in [6.07, 6.45) is 1.06. The maximum atomic E-state index is 12.7. The predicted octanol–water partition coefficient (Wildman–Crippen LogP) is 4.72. The summed E-state index contributed by atoms with van der Waals surface area (Å²) in [6, 6.07) is 15.8. The molecule has 174 valence electrons. The van der Waals surface area contributed by atoms with E-state index in [1.807, 2.05) is 18.2 Å². The topological polar surface area (TPSA) is 88.2 Å². The van der Waals surface area contributed by atoms with Gasteiger partial charge < -0.3 is 20.7 Å². The van der Waals surface area contributed by atoms with E-state index in [-0.39, 0.29) is 24.5 Å². The van der Waals surface area contributed by atoms with Gasteiger partial charge in [-0.15, -0.1) is 0 Å². The van der Waals surface area contributed by atoms with Gasteiger partial charge in [0.25, 0.3) is 5.91 Å². The van der Waals surface area contributed by atoms with E-state index in [9.17, 15) is 18.0 Å². The molecule has 1 aliphatic rings. The molecule has 1 amide bonds. The lowest BCUT2D eigenvalue weighted by Crippen LogP contribution is -2.34. The van der Waals surface area contributed by atoms with E-state index < -0.39 is 17.8 Å². The number of carbonyl (C=O) groups is 1. The molecule has 0 aliphatic carbocycles. The van der Waals surface area contributed by atoms with Crippen LogP contribution >= 0.6 is 0 Å². The van der Waals surface area contributed by atoms with Gasteiger partial charge in [-0.3, -0.25) is 4.79 Å². The molecule has 0 unspecified atom stereocenters. The largest absolute Gasteiger partial charge is 0.438 e. The molecule has 0 bridgehead atoms. The molecule has 0 spiro atoms. The number of hydrogen-bond donors (Lipinski definition) is 3. The monoisotopic (exact) mass is 467 g/mol. The van der Waals surface area contributed by atoms with Crippen molar-refractivity contribution in [2.75, 3.05) is 18.4 Å². The van der Waals surface area contributed by atoms with E-state index in [0.717, 1.165) is 11.8 Å². The number of amides is 1. The molecule has 10 heteroatoms. The van der Waals surface area contributed by atoms with Crippen LogP contribution in [-0.2, 0) is 0 Å². The third-order valence-corrected chi connectivity index (χ3v) is 4.79. The fourth-order valence-electron chi connectivity index (χ4n) is 3.08. The summed E-state index contributed by atoms with van der Waals surface area (Å²) in [5, 5.41) is 8.16. The lowest BCUT2D eigenvalue weighted by Gasteiger charge is -2.19. The quantitative estimate of drug-likeness (QED) is 0.466. The summed E-state index contributed by atoms with van der Waals surface area (Å²) in [5.41, 5.74) is 0.798. The van der Waals surface area contributed by atoms with Gasteiger partial charge in [-0.1, -0.05) is 12.1 Å². The van der Waals surface area contributed by atoms with Gasteiger partial charge in [0.15, 0.2) is 0 Å². The summed E-state index contributed by atoms with van der Waals surface area (Å²) in [6.45, 7) is 0.0661. The third kappa shape index (κ3) is 5.91. The Hall–Kier alpha value is -4.34. The van der Waals surface area contributed by atoms with Crippen molar-refractivity contribution in [3.63, 3.8) is 0 Å². The highest BCUT2D eigenvalue weighted by atomic mass is 19.4. The van der Waals surface area contributed by atoms with E-state index in [2.05, 4.69) is 25.9 Å². The zero-order valence-electron chi connectivity index (χ0n) is 17.8. The Morgan fingerprint density at radius 2 is 1.79 bits per heavy atom. The van der Waals surface area contributed by atoms with Gasteiger partial charge in [0, 0.05) is 31.2 Å². The fourth-order valence-corrected chi connectivity index (χ4v) is 3.08. The number of dihydropyridines is 1. The number of aromatic nitrogens is 2. The number of halogens is 3. The lowest BCUT2D eigenvalue weighted by molar-refractivity contribution is -0.0966. The Balaban J connectivity index is 1.38. The highest BCUT2D eigenvalue weighted by Crippen LogP contribution is 2.26. The number of hydrogen-bond acceptors (Lipinski definition) is 6. The molecule has 3 aromatic rings. The maximum Gasteiger partial charge on any atom is 0.430 e. The molecule has 1 aliphatic heterocycles. The molecule has 7 nitrogen and oxygen atoms in total. The van der Waals surface area contributed by atoms with Crippen molar-refractivity contribution in [3.8, 4) is 11.6 Å². The number of anilines is 2. The summed E-state index contributed by atoms with van der Waals surface area (Å²) in [7, 11) is 0. The smallest absolute Gasteiger partial charge is 0.430 e. The number of nitrogens with one attached hydrogen (secondary N) is 3. The normalized spacial score (nSPS) is 13.3. The summed E-state index contributed by atoms with van der Waals surface area (Å²) in [4.78, 5) is 21.0. The minimum Gasteiger partial charge on any atom is -0.438 e. The van der Waals surface area contributed by atoms with Crippen molar-refractivity contribution in [1.29, 1.82) is 0 Å². The molecule has 3 heterocycles.